The number of halogens is 2. The molecular formula is C14H10Br2N2O2. The second-order valence-electron chi connectivity index (χ2n) is 4.29. The number of nitrogens with zero attached hydrogens (tertiary/aromatic N) is 2. The molecule has 2 aromatic rings. The molecule has 0 fully saturated rings. The molecule has 0 aliphatic carbocycles. The van der Waals surface area contributed by atoms with Crippen LogP contribution in [0.15, 0.2) is 42.6 Å². The van der Waals surface area contributed by atoms with Crippen molar-refractivity contribution in [2.24, 2.45) is 0 Å². The Kier molecular flexibility index (Phi) is 3.30. The van der Waals surface area contributed by atoms with E-state index in [4.69, 9.17) is 4.74 Å². The van der Waals surface area contributed by atoms with E-state index in [0.717, 1.165) is 16.9 Å². The maximum Gasteiger partial charge on any atom is 0.264 e. The maximum absolute atomic E-state index is 12.6. The van der Waals surface area contributed by atoms with E-state index in [-0.39, 0.29) is 5.91 Å². The Morgan fingerprint density at radius 3 is 2.60 bits per heavy atom. The fourth-order valence-corrected chi connectivity index (χ4v) is 3.13. The lowest BCUT2D eigenvalue weighted by Gasteiger charge is -2.18. The Morgan fingerprint density at radius 1 is 1.25 bits per heavy atom. The fraction of sp³-hybridized carbons (Fsp3) is 0.143. The van der Waals surface area contributed by atoms with Crippen molar-refractivity contribution in [3.63, 3.8) is 0 Å². The van der Waals surface area contributed by atoms with Crippen LogP contribution < -0.4 is 9.64 Å². The fourth-order valence-electron chi connectivity index (χ4n) is 2.16. The van der Waals surface area contributed by atoms with Gasteiger partial charge in [-0.2, -0.15) is 0 Å². The average molecular weight is 398 g/mol. The third-order valence-corrected chi connectivity index (χ3v) is 4.66. The smallest absolute Gasteiger partial charge is 0.264 e. The number of ether oxygens (including phenoxy) is 1. The zero-order valence-electron chi connectivity index (χ0n) is 10.5. The number of fused-ring (bicyclic) bond motifs is 1. The van der Waals surface area contributed by atoms with Gasteiger partial charge in [-0.05, 0) is 12.1 Å². The number of methoxy groups -OCH3 is 1. The van der Waals surface area contributed by atoms with Crippen molar-refractivity contribution in [3.8, 4) is 5.88 Å². The molecule has 0 atom stereocenters. The lowest BCUT2D eigenvalue weighted by molar-refractivity contribution is -0.117. The van der Waals surface area contributed by atoms with Gasteiger partial charge in [0, 0.05) is 23.5 Å². The van der Waals surface area contributed by atoms with Crippen LogP contribution in [0.1, 0.15) is 5.56 Å². The highest BCUT2D eigenvalue weighted by atomic mass is 79.9. The first-order valence-electron chi connectivity index (χ1n) is 5.87. The second kappa shape index (κ2) is 4.86. The summed E-state index contributed by atoms with van der Waals surface area (Å²) in [6.45, 7) is 0. The van der Waals surface area contributed by atoms with Crippen molar-refractivity contribution in [2.75, 3.05) is 12.0 Å². The van der Waals surface area contributed by atoms with E-state index in [1.54, 1.807) is 24.3 Å². The number of anilines is 2. The van der Waals surface area contributed by atoms with Crippen LogP contribution in [0.2, 0.25) is 0 Å². The van der Waals surface area contributed by atoms with Gasteiger partial charge in [-0.1, -0.05) is 50.1 Å². The van der Waals surface area contributed by atoms with E-state index < -0.39 is 3.23 Å². The number of carbonyl (C=O) groups excluding carboxylic acids is 1. The van der Waals surface area contributed by atoms with Crippen LogP contribution >= 0.6 is 31.9 Å². The Balaban J connectivity index is 2.21. The maximum atomic E-state index is 12.6. The highest BCUT2D eigenvalue weighted by Gasteiger charge is 2.48. The van der Waals surface area contributed by atoms with Gasteiger partial charge in [-0.3, -0.25) is 9.69 Å². The number of benzene rings is 1. The summed E-state index contributed by atoms with van der Waals surface area (Å²) >= 11 is 6.87. The average Bonchev–Trinajstić information content (AvgIpc) is 2.67. The van der Waals surface area contributed by atoms with E-state index >= 15 is 0 Å². The molecule has 0 unspecified atom stereocenters. The molecule has 0 bridgehead atoms. The molecule has 0 saturated heterocycles. The number of amides is 1. The lowest BCUT2D eigenvalue weighted by atomic mass is 10.2. The van der Waals surface area contributed by atoms with Crippen LogP contribution in [0.4, 0.5) is 11.4 Å². The topological polar surface area (TPSA) is 42.4 Å². The number of rotatable bonds is 2. The summed E-state index contributed by atoms with van der Waals surface area (Å²) in [7, 11) is 1.55. The van der Waals surface area contributed by atoms with Gasteiger partial charge >= 0.3 is 0 Å². The summed E-state index contributed by atoms with van der Waals surface area (Å²) in [6.07, 6.45) is 1.64. The van der Waals surface area contributed by atoms with Gasteiger partial charge in [0.25, 0.3) is 5.91 Å². The van der Waals surface area contributed by atoms with E-state index in [9.17, 15) is 4.79 Å². The molecule has 0 saturated carbocycles. The summed E-state index contributed by atoms with van der Waals surface area (Å²) in [5, 5.41) is 0. The first-order valence-corrected chi connectivity index (χ1v) is 7.46. The number of carbonyl (C=O) groups is 1. The van der Waals surface area contributed by atoms with Crippen LogP contribution in [0, 0.1) is 0 Å². The molecule has 20 heavy (non-hydrogen) atoms. The quantitative estimate of drug-likeness (QED) is 0.725. The van der Waals surface area contributed by atoms with Crippen LogP contribution in [0.5, 0.6) is 5.88 Å². The van der Waals surface area contributed by atoms with Crippen LogP contribution in [0.25, 0.3) is 0 Å². The number of alkyl halides is 2. The minimum Gasteiger partial charge on any atom is -0.481 e. The molecule has 0 radical (unpaired) electrons. The summed E-state index contributed by atoms with van der Waals surface area (Å²) in [5.74, 6) is 0.351. The lowest BCUT2D eigenvalue weighted by Crippen LogP contribution is -2.28. The molecule has 4 nitrogen and oxygen atoms in total. The van der Waals surface area contributed by atoms with Crippen molar-refractivity contribution in [3.05, 3.63) is 48.2 Å². The van der Waals surface area contributed by atoms with E-state index in [1.807, 2.05) is 30.3 Å². The molecule has 1 aliphatic heterocycles. The molecule has 6 heteroatoms. The monoisotopic (exact) mass is 396 g/mol. The van der Waals surface area contributed by atoms with Crippen molar-refractivity contribution < 1.29 is 9.53 Å². The number of aromatic nitrogens is 1. The third kappa shape index (κ3) is 1.94. The van der Waals surface area contributed by atoms with Gasteiger partial charge in [-0.25, -0.2) is 4.98 Å². The Labute approximate surface area is 133 Å². The normalized spacial score (nSPS) is 16.1. The Hall–Kier alpha value is -1.40. The summed E-state index contributed by atoms with van der Waals surface area (Å²) in [5.41, 5.74) is 2.31. The largest absolute Gasteiger partial charge is 0.481 e. The van der Waals surface area contributed by atoms with Crippen molar-refractivity contribution in [1.29, 1.82) is 0 Å². The van der Waals surface area contributed by atoms with Gasteiger partial charge in [0.05, 0.1) is 12.8 Å². The highest BCUT2D eigenvalue weighted by molar-refractivity contribution is 9.25. The molecule has 2 heterocycles. The highest BCUT2D eigenvalue weighted by Crippen LogP contribution is 2.53. The van der Waals surface area contributed by atoms with Gasteiger partial charge in [-0.15, -0.1) is 0 Å². The molecule has 3 rings (SSSR count). The summed E-state index contributed by atoms with van der Waals surface area (Å²) in [6, 6.07) is 11.2. The Bertz CT molecular complexity index is 674. The molecular weight excluding hydrogens is 388 g/mol. The van der Waals surface area contributed by atoms with Crippen LogP contribution in [0.3, 0.4) is 0 Å². The first kappa shape index (κ1) is 13.6. The third-order valence-electron chi connectivity index (χ3n) is 3.13. The summed E-state index contributed by atoms with van der Waals surface area (Å²) < 4.78 is 4.19. The van der Waals surface area contributed by atoms with Crippen molar-refractivity contribution >= 4 is 49.1 Å². The van der Waals surface area contributed by atoms with E-state index in [0.29, 0.717) is 5.88 Å². The number of para-hydroxylation sites is 1. The molecule has 1 aromatic carbocycles. The van der Waals surface area contributed by atoms with Gasteiger partial charge in [0.15, 0.2) is 3.23 Å². The molecule has 0 N–H and O–H groups in total. The number of pyridine rings is 1. The molecule has 0 spiro atoms. The van der Waals surface area contributed by atoms with Crippen LogP contribution in [-0.4, -0.2) is 18.0 Å². The summed E-state index contributed by atoms with van der Waals surface area (Å²) in [4.78, 5) is 18.5. The Morgan fingerprint density at radius 2 is 1.95 bits per heavy atom. The number of hydrogen-bond donors (Lipinski definition) is 0. The van der Waals surface area contributed by atoms with E-state index in [1.165, 1.54) is 0 Å². The zero-order valence-corrected chi connectivity index (χ0v) is 13.7. The predicted octanol–water partition coefficient (Wildman–Crippen LogP) is 3.71. The van der Waals surface area contributed by atoms with Crippen molar-refractivity contribution in [2.45, 2.75) is 3.23 Å². The minimum absolute atomic E-state index is 0.117. The molecule has 1 aliphatic rings. The molecule has 1 amide bonds. The minimum atomic E-state index is -0.954. The standard InChI is InChI=1S/C14H10Br2N2O2/c1-20-12-7-11-10(8-17-12)14(15,16)13(19)18(11)9-5-3-2-4-6-9/h2-8H,1H3. The molecule has 1 aromatic heterocycles. The van der Waals surface area contributed by atoms with Crippen molar-refractivity contribution in [1.82, 2.24) is 4.98 Å². The first-order chi connectivity index (χ1) is 9.55. The predicted molar refractivity (Wildman–Crippen MR) is 83.9 cm³/mol. The van der Waals surface area contributed by atoms with Gasteiger partial charge in [0.1, 0.15) is 0 Å². The zero-order chi connectivity index (χ0) is 14.3. The molecule has 102 valence electrons. The van der Waals surface area contributed by atoms with Gasteiger partial charge < -0.3 is 4.74 Å². The van der Waals surface area contributed by atoms with Gasteiger partial charge in [0.2, 0.25) is 5.88 Å². The van der Waals surface area contributed by atoms with E-state index in [2.05, 4.69) is 36.8 Å². The SMILES string of the molecule is COc1cc2c(cn1)C(Br)(Br)C(=O)N2c1ccccc1. The number of hydrogen-bond acceptors (Lipinski definition) is 3. The van der Waals surface area contributed by atoms with Crippen LogP contribution in [-0.2, 0) is 8.03 Å². The second-order valence-corrected chi connectivity index (χ2v) is 7.74.